The molecule has 0 saturated heterocycles. The van der Waals surface area contributed by atoms with Gasteiger partial charge in [-0.1, -0.05) is 23.5 Å². The minimum Gasteiger partial charge on any atom is -0.444 e. The van der Waals surface area contributed by atoms with Crippen LogP contribution in [0.25, 0.3) is 10.2 Å². The maximum Gasteiger partial charge on any atom is 0.295 e. The summed E-state index contributed by atoms with van der Waals surface area (Å²) in [6, 6.07) is 11.3. The number of amides is 1. The number of carbonyl (C=O) groups is 1. The predicted octanol–water partition coefficient (Wildman–Crippen LogP) is 3.86. The standard InChI is InChI=1S/C16H16BrN3O2S/c1-19(2)9-10-20(15(21)12-7-8-14(17)22-12)16-18-11-5-3-4-6-13(11)23-16/h3-8H,9-10H2,1-2H3. The largest absolute Gasteiger partial charge is 0.444 e. The molecule has 0 saturated carbocycles. The molecule has 120 valence electrons. The Morgan fingerprint density at radius 3 is 2.65 bits per heavy atom. The van der Waals surface area contributed by atoms with E-state index in [0.717, 1.165) is 16.8 Å². The van der Waals surface area contributed by atoms with E-state index in [-0.39, 0.29) is 5.91 Å². The fourth-order valence-electron chi connectivity index (χ4n) is 2.12. The van der Waals surface area contributed by atoms with Crippen LogP contribution < -0.4 is 4.90 Å². The fourth-order valence-corrected chi connectivity index (χ4v) is 3.42. The molecule has 5 nitrogen and oxygen atoms in total. The average molecular weight is 394 g/mol. The number of anilines is 1. The zero-order chi connectivity index (χ0) is 16.4. The van der Waals surface area contributed by atoms with Crippen LogP contribution in [0.1, 0.15) is 10.6 Å². The predicted molar refractivity (Wildman–Crippen MR) is 96.3 cm³/mol. The number of hydrogen-bond acceptors (Lipinski definition) is 5. The van der Waals surface area contributed by atoms with E-state index in [0.29, 0.717) is 22.1 Å². The van der Waals surface area contributed by atoms with Crippen LogP contribution in [0.3, 0.4) is 0 Å². The first-order chi connectivity index (χ1) is 11.0. The molecule has 0 aliphatic carbocycles. The molecule has 0 aliphatic rings. The number of halogens is 1. The van der Waals surface area contributed by atoms with E-state index in [2.05, 4.69) is 20.9 Å². The zero-order valence-electron chi connectivity index (χ0n) is 12.8. The molecule has 0 fully saturated rings. The van der Waals surface area contributed by atoms with Gasteiger partial charge in [0.15, 0.2) is 15.6 Å². The van der Waals surface area contributed by atoms with E-state index in [4.69, 9.17) is 4.42 Å². The molecular formula is C16H16BrN3O2S. The van der Waals surface area contributed by atoms with Crippen molar-refractivity contribution in [2.75, 3.05) is 32.1 Å². The molecule has 0 bridgehead atoms. The van der Waals surface area contributed by atoms with Crippen LogP contribution >= 0.6 is 27.3 Å². The van der Waals surface area contributed by atoms with E-state index in [9.17, 15) is 4.79 Å². The third-order valence-electron chi connectivity index (χ3n) is 3.31. The van der Waals surface area contributed by atoms with Gasteiger partial charge >= 0.3 is 0 Å². The lowest BCUT2D eigenvalue weighted by atomic mass is 10.3. The molecule has 3 rings (SSSR count). The quantitative estimate of drug-likeness (QED) is 0.660. The lowest BCUT2D eigenvalue weighted by Crippen LogP contribution is -2.36. The Labute approximate surface area is 146 Å². The number of carbonyl (C=O) groups excluding carboxylic acids is 1. The zero-order valence-corrected chi connectivity index (χ0v) is 15.2. The summed E-state index contributed by atoms with van der Waals surface area (Å²) in [5.41, 5.74) is 0.899. The van der Waals surface area contributed by atoms with Crippen molar-refractivity contribution in [3.05, 3.63) is 46.8 Å². The summed E-state index contributed by atoms with van der Waals surface area (Å²) in [7, 11) is 3.95. The Kier molecular flexibility index (Phi) is 4.79. The Morgan fingerprint density at radius 2 is 2.00 bits per heavy atom. The molecule has 0 spiro atoms. The molecule has 0 radical (unpaired) electrons. The summed E-state index contributed by atoms with van der Waals surface area (Å²) in [5.74, 6) is 0.117. The maximum absolute atomic E-state index is 12.8. The summed E-state index contributed by atoms with van der Waals surface area (Å²) in [4.78, 5) is 21.1. The molecule has 0 N–H and O–H groups in total. The Balaban J connectivity index is 1.95. The number of furan rings is 1. The third-order valence-corrected chi connectivity index (χ3v) is 4.80. The molecule has 1 aromatic carbocycles. The molecule has 23 heavy (non-hydrogen) atoms. The van der Waals surface area contributed by atoms with Crippen molar-refractivity contribution in [1.29, 1.82) is 0 Å². The van der Waals surface area contributed by atoms with Crippen molar-refractivity contribution in [3.63, 3.8) is 0 Å². The van der Waals surface area contributed by atoms with Crippen molar-refractivity contribution in [1.82, 2.24) is 9.88 Å². The highest BCUT2D eigenvalue weighted by atomic mass is 79.9. The number of hydrogen-bond donors (Lipinski definition) is 0. The van der Waals surface area contributed by atoms with Gasteiger partial charge in [-0.3, -0.25) is 9.69 Å². The van der Waals surface area contributed by atoms with Gasteiger partial charge in [0, 0.05) is 13.1 Å². The first-order valence-corrected chi connectivity index (χ1v) is 8.73. The van der Waals surface area contributed by atoms with Crippen LogP contribution in [0.15, 0.2) is 45.5 Å². The van der Waals surface area contributed by atoms with Crippen LogP contribution in [-0.2, 0) is 0 Å². The van der Waals surface area contributed by atoms with Gasteiger partial charge in [-0.25, -0.2) is 4.98 Å². The monoisotopic (exact) mass is 393 g/mol. The lowest BCUT2D eigenvalue weighted by molar-refractivity contribution is 0.0957. The summed E-state index contributed by atoms with van der Waals surface area (Å²) in [5, 5.41) is 0.686. The van der Waals surface area contributed by atoms with Gasteiger partial charge in [0.05, 0.1) is 10.2 Å². The van der Waals surface area contributed by atoms with E-state index >= 15 is 0 Å². The second kappa shape index (κ2) is 6.82. The molecule has 2 heterocycles. The topological polar surface area (TPSA) is 49.6 Å². The second-order valence-corrected chi connectivity index (χ2v) is 7.12. The molecule has 0 unspecified atom stereocenters. The van der Waals surface area contributed by atoms with Crippen LogP contribution in [0.5, 0.6) is 0 Å². The van der Waals surface area contributed by atoms with Crippen molar-refractivity contribution in [2.45, 2.75) is 0 Å². The van der Waals surface area contributed by atoms with Crippen LogP contribution in [0.2, 0.25) is 0 Å². The van der Waals surface area contributed by atoms with Crippen LogP contribution in [-0.4, -0.2) is 43.0 Å². The molecule has 0 atom stereocenters. The SMILES string of the molecule is CN(C)CCN(C(=O)c1ccc(Br)o1)c1nc2ccccc2s1. The van der Waals surface area contributed by atoms with E-state index in [1.54, 1.807) is 17.0 Å². The van der Waals surface area contributed by atoms with Gasteiger partial charge in [0.25, 0.3) is 5.91 Å². The number of aromatic nitrogens is 1. The van der Waals surface area contributed by atoms with Gasteiger partial charge in [-0.2, -0.15) is 0 Å². The van der Waals surface area contributed by atoms with Gasteiger partial charge in [0.1, 0.15) is 0 Å². The van der Waals surface area contributed by atoms with Crippen molar-refractivity contribution in [2.24, 2.45) is 0 Å². The number of fused-ring (bicyclic) bond motifs is 1. The lowest BCUT2D eigenvalue weighted by Gasteiger charge is -2.20. The highest BCUT2D eigenvalue weighted by Gasteiger charge is 2.23. The van der Waals surface area contributed by atoms with Crippen LogP contribution in [0, 0.1) is 0 Å². The summed E-state index contributed by atoms with van der Waals surface area (Å²) in [6.45, 7) is 1.29. The van der Waals surface area contributed by atoms with Gasteiger partial charge < -0.3 is 9.32 Å². The molecule has 1 amide bonds. The number of para-hydroxylation sites is 1. The summed E-state index contributed by atoms with van der Waals surface area (Å²) in [6.07, 6.45) is 0. The second-order valence-electron chi connectivity index (χ2n) is 5.33. The number of likely N-dealkylation sites (N-methyl/N-ethyl adjacent to an activating group) is 1. The van der Waals surface area contributed by atoms with Crippen molar-refractivity contribution in [3.8, 4) is 0 Å². The summed E-state index contributed by atoms with van der Waals surface area (Å²) >= 11 is 4.75. The number of benzene rings is 1. The molecule has 2 aromatic heterocycles. The van der Waals surface area contributed by atoms with E-state index in [1.807, 2.05) is 43.3 Å². The van der Waals surface area contributed by atoms with Crippen molar-refractivity contribution >= 4 is 48.5 Å². The number of thiazole rings is 1. The Hall–Kier alpha value is -1.70. The third kappa shape index (κ3) is 3.63. The first-order valence-electron chi connectivity index (χ1n) is 7.12. The average Bonchev–Trinajstić information content (AvgIpc) is 3.12. The summed E-state index contributed by atoms with van der Waals surface area (Å²) < 4.78 is 7.02. The van der Waals surface area contributed by atoms with Gasteiger partial charge in [-0.05, 0) is 54.3 Å². The fraction of sp³-hybridized carbons (Fsp3) is 0.250. The minimum atomic E-state index is -0.184. The highest BCUT2D eigenvalue weighted by molar-refractivity contribution is 9.10. The van der Waals surface area contributed by atoms with Gasteiger partial charge in [0.2, 0.25) is 0 Å². The Bertz CT molecular complexity index is 794. The maximum atomic E-state index is 12.8. The first kappa shape index (κ1) is 16.2. The molecule has 0 aliphatic heterocycles. The Morgan fingerprint density at radius 1 is 1.22 bits per heavy atom. The van der Waals surface area contributed by atoms with E-state index in [1.165, 1.54) is 11.3 Å². The van der Waals surface area contributed by atoms with Gasteiger partial charge in [-0.15, -0.1) is 0 Å². The number of rotatable bonds is 5. The molecule has 7 heteroatoms. The van der Waals surface area contributed by atoms with Crippen molar-refractivity contribution < 1.29 is 9.21 Å². The van der Waals surface area contributed by atoms with Crippen LogP contribution in [0.4, 0.5) is 5.13 Å². The normalized spacial score (nSPS) is 11.3. The smallest absolute Gasteiger partial charge is 0.295 e. The minimum absolute atomic E-state index is 0.184. The highest BCUT2D eigenvalue weighted by Crippen LogP contribution is 2.30. The number of nitrogens with zero attached hydrogens (tertiary/aromatic N) is 3. The molecular weight excluding hydrogens is 378 g/mol. The molecule has 3 aromatic rings. The van der Waals surface area contributed by atoms with E-state index < -0.39 is 0 Å².